The van der Waals surface area contributed by atoms with E-state index in [9.17, 15) is 19.2 Å². The predicted octanol–water partition coefficient (Wildman–Crippen LogP) is 1.59. The maximum Gasteiger partial charge on any atom is 0.414 e. The third-order valence-electron chi connectivity index (χ3n) is 6.19. The van der Waals surface area contributed by atoms with E-state index in [0.717, 1.165) is 0 Å². The van der Waals surface area contributed by atoms with Gasteiger partial charge in [-0.05, 0) is 30.3 Å². The van der Waals surface area contributed by atoms with Crippen molar-refractivity contribution in [2.24, 2.45) is 0 Å². The van der Waals surface area contributed by atoms with E-state index in [-0.39, 0.29) is 31.4 Å². The van der Waals surface area contributed by atoms with Crippen LogP contribution in [0.2, 0.25) is 0 Å². The fraction of sp³-hybridized carbons (Fsp3) is 0.360. The Morgan fingerprint density at radius 3 is 2.46 bits per heavy atom. The van der Waals surface area contributed by atoms with Gasteiger partial charge in [0.05, 0.1) is 38.1 Å². The van der Waals surface area contributed by atoms with Gasteiger partial charge in [-0.2, -0.15) is 0 Å². The molecule has 2 aromatic rings. The highest BCUT2D eigenvalue weighted by Gasteiger charge is 2.33. The molecule has 2 aliphatic heterocycles. The third kappa shape index (κ3) is 6.26. The van der Waals surface area contributed by atoms with Crippen LogP contribution in [0.1, 0.15) is 10.4 Å². The Balaban J connectivity index is 1.28. The number of benzene rings is 2. The summed E-state index contributed by atoms with van der Waals surface area (Å²) < 4.78 is 24.7. The summed E-state index contributed by atoms with van der Waals surface area (Å²) in [4.78, 5) is 52.9. The average Bonchev–Trinajstić information content (AvgIpc) is 3.31. The molecule has 4 amide bonds. The average molecular weight is 514 g/mol. The van der Waals surface area contributed by atoms with Gasteiger partial charge in [-0.25, -0.2) is 14.0 Å². The molecule has 37 heavy (non-hydrogen) atoms. The number of ether oxygens (including phenoxy) is 2. The first-order valence-electron chi connectivity index (χ1n) is 11.8. The first-order valence-corrected chi connectivity index (χ1v) is 11.8. The van der Waals surface area contributed by atoms with Crippen molar-refractivity contribution in [3.8, 4) is 0 Å². The predicted molar refractivity (Wildman–Crippen MR) is 132 cm³/mol. The van der Waals surface area contributed by atoms with Gasteiger partial charge >= 0.3 is 12.2 Å². The molecule has 12 heteroatoms. The number of amides is 4. The van der Waals surface area contributed by atoms with Gasteiger partial charge in [0.2, 0.25) is 5.91 Å². The molecule has 2 heterocycles. The Labute approximate surface area is 213 Å². The van der Waals surface area contributed by atoms with Crippen LogP contribution in [0.15, 0.2) is 48.5 Å². The highest BCUT2D eigenvalue weighted by Crippen LogP contribution is 2.28. The molecular formula is C25H28FN5O6. The van der Waals surface area contributed by atoms with Gasteiger partial charge in [0.25, 0.3) is 5.91 Å². The molecule has 0 bridgehead atoms. The maximum atomic E-state index is 15.0. The molecule has 0 radical (unpaired) electrons. The lowest BCUT2D eigenvalue weighted by Gasteiger charge is -2.36. The van der Waals surface area contributed by atoms with Gasteiger partial charge in [-0.3, -0.25) is 14.5 Å². The normalized spacial score (nSPS) is 17.3. The number of rotatable bonds is 7. The molecule has 2 fully saturated rings. The van der Waals surface area contributed by atoms with E-state index in [2.05, 4.69) is 15.4 Å². The number of nitrogens with zero attached hydrogens (tertiary/aromatic N) is 3. The first-order chi connectivity index (χ1) is 17.9. The summed E-state index contributed by atoms with van der Waals surface area (Å²) in [6, 6.07) is 13.1. The van der Waals surface area contributed by atoms with Crippen LogP contribution in [0.4, 0.5) is 25.4 Å². The standard InChI is InChI=1S/C25H28FN5O6/c1-36-24(34)28-14-19-16-31(25(35)37-19)18-7-8-21(20(26)13-18)29-9-11-30(12-10-29)22(32)15-27-23(33)17-5-3-2-4-6-17/h2-8,13,19H,9-12,14-16H2,1H3,(H,27,33)(H,28,34). The third-order valence-corrected chi connectivity index (χ3v) is 6.19. The summed E-state index contributed by atoms with van der Waals surface area (Å²) in [7, 11) is 1.23. The molecule has 196 valence electrons. The Morgan fingerprint density at radius 1 is 1.05 bits per heavy atom. The van der Waals surface area contributed by atoms with Crippen LogP contribution in [0, 0.1) is 5.82 Å². The first kappa shape index (κ1) is 25.7. The van der Waals surface area contributed by atoms with Crippen molar-refractivity contribution in [1.82, 2.24) is 15.5 Å². The fourth-order valence-corrected chi connectivity index (χ4v) is 4.18. The Hall–Kier alpha value is -4.35. The van der Waals surface area contributed by atoms with Gasteiger partial charge in [-0.15, -0.1) is 0 Å². The van der Waals surface area contributed by atoms with Gasteiger partial charge in [0.15, 0.2) is 0 Å². The summed E-state index contributed by atoms with van der Waals surface area (Å²) in [5.74, 6) is -1.03. The second kappa shape index (κ2) is 11.6. The van der Waals surface area contributed by atoms with E-state index in [4.69, 9.17) is 4.74 Å². The Morgan fingerprint density at radius 2 is 1.78 bits per heavy atom. The molecule has 2 N–H and O–H groups in total. The quantitative estimate of drug-likeness (QED) is 0.577. The summed E-state index contributed by atoms with van der Waals surface area (Å²) >= 11 is 0. The Bertz CT molecular complexity index is 1160. The number of alkyl carbamates (subject to hydrolysis) is 1. The van der Waals surface area contributed by atoms with Crippen LogP contribution in [-0.2, 0) is 14.3 Å². The number of methoxy groups -OCH3 is 1. The summed E-state index contributed by atoms with van der Waals surface area (Å²) in [6.07, 6.45) is -1.85. The zero-order valence-corrected chi connectivity index (χ0v) is 20.3. The summed E-state index contributed by atoms with van der Waals surface area (Å²) in [6.45, 7) is 1.73. The number of carbonyl (C=O) groups excluding carboxylic acids is 4. The van der Waals surface area contributed by atoms with E-state index < -0.39 is 24.1 Å². The topological polar surface area (TPSA) is 121 Å². The molecule has 0 aromatic heterocycles. The maximum absolute atomic E-state index is 15.0. The number of carbonyl (C=O) groups is 4. The number of halogens is 1. The highest BCUT2D eigenvalue weighted by molar-refractivity contribution is 5.96. The molecule has 2 saturated heterocycles. The molecule has 11 nitrogen and oxygen atoms in total. The zero-order chi connectivity index (χ0) is 26.4. The van der Waals surface area contributed by atoms with Crippen LogP contribution in [0.25, 0.3) is 0 Å². The van der Waals surface area contributed by atoms with Crippen molar-refractivity contribution in [1.29, 1.82) is 0 Å². The van der Waals surface area contributed by atoms with Crippen molar-refractivity contribution in [3.63, 3.8) is 0 Å². The molecule has 2 aliphatic rings. The smallest absolute Gasteiger partial charge is 0.414 e. The lowest BCUT2D eigenvalue weighted by molar-refractivity contribution is -0.130. The molecule has 1 atom stereocenters. The van der Waals surface area contributed by atoms with Crippen LogP contribution >= 0.6 is 0 Å². The largest absolute Gasteiger partial charge is 0.453 e. The van der Waals surface area contributed by atoms with E-state index >= 15 is 4.39 Å². The van der Waals surface area contributed by atoms with Gasteiger partial charge in [-0.1, -0.05) is 18.2 Å². The minimum atomic E-state index is -0.636. The van der Waals surface area contributed by atoms with Gasteiger partial charge < -0.3 is 29.9 Å². The number of hydrogen-bond donors (Lipinski definition) is 2. The van der Waals surface area contributed by atoms with Crippen LogP contribution in [0.3, 0.4) is 0 Å². The Kier molecular flexibility index (Phi) is 8.06. The molecule has 1 unspecified atom stereocenters. The fourth-order valence-electron chi connectivity index (χ4n) is 4.18. The highest BCUT2D eigenvalue weighted by atomic mass is 19.1. The van der Waals surface area contributed by atoms with E-state index in [1.807, 2.05) is 4.90 Å². The summed E-state index contributed by atoms with van der Waals surface area (Å²) in [5.41, 5.74) is 1.19. The number of hydrogen-bond acceptors (Lipinski definition) is 7. The summed E-state index contributed by atoms with van der Waals surface area (Å²) in [5, 5.41) is 5.10. The second-order valence-electron chi connectivity index (χ2n) is 8.54. The van der Waals surface area contributed by atoms with E-state index in [1.54, 1.807) is 47.4 Å². The number of anilines is 2. The van der Waals surface area contributed by atoms with Crippen LogP contribution in [-0.4, -0.2) is 87.9 Å². The minimum absolute atomic E-state index is 0.0778. The van der Waals surface area contributed by atoms with Gasteiger partial charge in [0.1, 0.15) is 11.9 Å². The van der Waals surface area contributed by atoms with Crippen LogP contribution in [0.5, 0.6) is 0 Å². The van der Waals surface area contributed by atoms with Crippen molar-refractivity contribution in [2.75, 3.05) is 62.7 Å². The number of nitrogens with one attached hydrogen (secondary N) is 2. The van der Waals surface area contributed by atoms with Crippen LogP contribution < -0.4 is 20.4 Å². The van der Waals surface area contributed by atoms with E-state index in [1.165, 1.54) is 18.1 Å². The zero-order valence-electron chi connectivity index (χ0n) is 20.3. The molecular weight excluding hydrogens is 485 g/mol. The second-order valence-corrected chi connectivity index (χ2v) is 8.54. The van der Waals surface area contributed by atoms with Crippen molar-refractivity contribution in [2.45, 2.75) is 6.10 Å². The molecule has 2 aromatic carbocycles. The van der Waals surface area contributed by atoms with E-state index in [0.29, 0.717) is 43.1 Å². The number of piperazine rings is 1. The van der Waals surface area contributed by atoms with Crippen molar-refractivity contribution < 1.29 is 33.0 Å². The lowest BCUT2D eigenvalue weighted by Crippen LogP contribution is -2.51. The van der Waals surface area contributed by atoms with Crippen molar-refractivity contribution in [3.05, 3.63) is 59.9 Å². The van der Waals surface area contributed by atoms with Crippen molar-refractivity contribution >= 4 is 35.4 Å². The molecule has 0 saturated carbocycles. The minimum Gasteiger partial charge on any atom is -0.453 e. The SMILES string of the molecule is COC(=O)NCC1CN(c2ccc(N3CCN(C(=O)CNC(=O)c4ccccc4)CC3)c(F)c2)C(=O)O1. The molecule has 4 rings (SSSR count). The number of cyclic esters (lactones) is 1. The monoisotopic (exact) mass is 513 g/mol. The lowest BCUT2D eigenvalue weighted by atomic mass is 10.2. The van der Waals surface area contributed by atoms with Gasteiger partial charge in [0, 0.05) is 31.7 Å². The molecule has 0 spiro atoms. The molecule has 0 aliphatic carbocycles.